The summed E-state index contributed by atoms with van der Waals surface area (Å²) in [5.74, 6) is 0.149. The van der Waals surface area contributed by atoms with Crippen molar-refractivity contribution in [2.45, 2.75) is 13.8 Å². The van der Waals surface area contributed by atoms with E-state index in [-0.39, 0.29) is 0 Å². The van der Waals surface area contributed by atoms with Crippen LogP contribution < -0.4 is 14.8 Å². The van der Waals surface area contributed by atoms with Crippen molar-refractivity contribution in [3.63, 3.8) is 0 Å². The predicted octanol–water partition coefficient (Wildman–Crippen LogP) is 5.73. The molecule has 4 aromatic rings. The van der Waals surface area contributed by atoms with E-state index in [0.29, 0.717) is 44.7 Å². The third-order valence-electron chi connectivity index (χ3n) is 5.12. The van der Waals surface area contributed by atoms with E-state index in [2.05, 4.69) is 15.3 Å². The van der Waals surface area contributed by atoms with Gasteiger partial charge in [-0.15, -0.1) is 0 Å². The second-order valence-corrected chi connectivity index (χ2v) is 7.31. The van der Waals surface area contributed by atoms with E-state index in [1.807, 2.05) is 13.8 Å². The lowest BCUT2D eigenvalue weighted by Crippen LogP contribution is -2.01. The number of aromatic nitrogens is 3. The predicted molar refractivity (Wildman–Crippen MR) is 116 cm³/mol. The lowest BCUT2D eigenvalue weighted by atomic mass is 10.2. The molecule has 0 aliphatic carbocycles. The summed E-state index contributed by atoms with van der Waals surface area (Å²) in [7, 11) is 3.06. The molecule has 0 atom stereocenters. The highest BCUT2D eigenvalue weighted by atomic mass is 35.5. The number of rotatable bonds is 5. The average molecular weight is 445 g/mol. The van der Waals surface area contributed by atoms with Gasteiger partial charge in [0.2, 0.25) is 0 Å². The number of hydrogen-bond acceptors (Lipinski definition) is 5. The molecular weight excluding hydrogens is 426 g/mol. The van der Waals surface area contributed by atoms with E-state index in [9.17, 15) is 8.78 Å². The van der Waals surface area contributed by atoms with Crippen molar-refractivity contribution in [3.05, 3.63) is 64.6 Å². The molecule has 0 aliphatic heterocycles. The smallest absolute Gasteiger partial charge is 0.150 e. The topological polar surface area (TPSA) is 61.2 Å². The van der Waals surface area contributed by atoms with Crippen LogP contribution in [-0.4, -0.2) is 28.8 Å². The summed E-state index contributed by atoms with van der Waals surface area (Å²) < 4.78 is 40.1. The van der Waals surface area contributed by atoms with E-state index in [0.717, 1.165) is 17.3 Å². The summed E-state index contributed by atoms with van der Waals surface area (Å²) in [4.78, 5) is 8.76. The quantitative estimate of drug-likeness (QED) is 0.426. The summed E-state index contributed by atoms with van der Waals surface area (Å²) in [6, 6.07) is 6.70. The largest absolute Gasteiger partial charge is 0.495 e. The van der Waals surface area contributed by atoms with E-state index in [1.54, 1.807) is 16.7 Å². The number of halogens is 3. The van der Waals surface area contributed by atoms with Crippen molar-refractivity contribution in [1.29, 1.82) is 0 Å². The van der Waals surface area contributed by atoms with Crippen LogP contribution in [0.1, 0.15) is 11.3 Å². The minimum Gasteiger partial charge on any atom is -0.495 e. The molecule has 2 aromatic heterocycles. The first-order chi connectivity index (χ1) is 14.8. The SMILES string of the molecule is COc1cc(OC)c(Nc2ncnc3c2c(C)c(C)n3-c2cc(F)cc(F)c2)cc1Cl. The minimum absolute atomic E-state index is 0.336. The van der Waals surface area contributed by atoms with Gasteiger partial charge < -0.3 is 14.8 Å². The first kappa shape index (κ1) is 20.9. The summed E-state index contributed by atoms with van der Waals surface area (Å²) >= 11 is 6.28. The number of anilines is 2. The van der Waals surface area contributed by atoms with E-state index in [4.69, 9.17) is 21.1 Å². The zero-order valence-corrected chi connectivity index (χ0v) is 18.0. The van der Waals surface area contributed by atoms with Crippen molar-refractivity contribution >= 4 is 34.1 Å². The van der Waals surface area contributed by atoms with Crippen LogP contribution in [0.3, 0.4) is 0 Å². The Kier molecular flexibility index (Phi) is 5.41. The Morgan fingerprint density at radius 2 is 1.61 bits per heavy atom. The standard InChI is InChI=1S/C22H19ClF2N4O2/c1-11-12(2)29(15-6-13(24)5-14(25)7-15)22-20(11)21(26-10-27-22)28-17-8-16(23)18(30-3)9-19(17)31-4/h5-10H,1-4H3,(H,26,27,28). The molecule has 0 bridgehead atoms. The Morgan fingerprint density at radius 3 is 2.26 bits per heavy atom. The average Bonchev–Trinajstić information content (AvgIpc) is 2.98. The van der Waals surface area contributed by atoms with Gasteiger partial charge in [0.1, 0.15) is 35.3 Å². The second-order valence-electron chi connectivity index (χ2n) is 6.91. The number of benzene rings is 2. The highest BCUT2D eigenvalue weighted by Gasteiger charge is 2.20. The maximum atomic E-state index is 13.9. The summed E-state index contributed by atoms with van der Waals surface area (Å²) in [6.07, 6.45) is 1.38. The van der Waals surface area contributed by atoms with Crippen LogP contribution in [0.25, 0.3) is 16.7 Å². The maximum Gasteiger partial charge on any atom is 0.150 e. The number of methoxy groups -OCH3 is 2. The highest BCUT2D eigenvalue weighted by molar-refractivity contribution is 6.32. The van der Waals surface area contributed by atoms with Crippen LogP contribution in [0.15, 0.2) is 36.7 Å². The molecule has 0 fully saturated rings. The number of ether oxygens (including phenoxy) is 2. The van der Waals surface area contributed by atoms with Gasteiger partial charge in [0.05, 0.1) is 36.0 Å². The molecule has 160 valence electrons. The molecule has 0 saturated heterocycles. The Balaban J connectivity index is 1.90. The van der Waals surface area contributed by atoms with Gasteiger partial charge in [-0.05, 0) is 37.6 Å². The van der Waals surface area contributed by atoms with Crippen LogP contribution in [-0.2, 0) is 0 Å². The van der Waals surface area contributed by atoms with Gasteiger partial charge in [0.25, 0.3) is 0 Å². The van der Waals surface area contributed by atoms with Gasteiger partial charge in [-0.25, -0.2) is 18.7 Å². The van der Waals surface area contributed by atoms with Crippen molar-refractivity contribution in [2.24, 2.45) is 0 Å². The third kappa shape index (κ3) is 3.63. The summed E-state index contributed by atoms with van der Waals surface area (Å²) in [5, 5.41) is 4.34. The zero-order valence-electron chi connectivity index (χ0n) is 17.3. The number of nitrogens with one attached hydrogen (secondary N) is 1. The van der Waals surface area contributed by atoms with E-state index < -0.39 is 11.6 Å². The molecule has 6 nitrogen and oxygen atoms in total. The number of hydrogen-bond donors (Lipinski definition) is 1. The molecule has 0 radical (unpaired) electrons. The van der Waals surface area contributed by atoms with Gasteiger partial charge in [-0.2, -0.15) is 0 Å². The Labute approximate surface area is 182 Å². The number of nitrogens with zero attached hydrogens (tertiary/aromatic N) is 3. The van der Waals surface area contributed by atoms with Crippen LogP contribution in [0, 0.1) is 25.5 Å². The van der Waals surface area contributed by atoms with Gasteiger partial charge in [-0.3, -0.25) is 4.57 Å². The third-order valence-corrected chi connectivity index (χ3v) is 5.42. The van der Waals surface area contributed by atoms with Crippen LogP contribution in [0.5, 0.6) is 11.5 Å². The molecule has 2 heterocycles. The highest BCUT2D eigenvalue weighted by Crippen LogP contribution is 2.39. The molecule has 31 heavy (non-hydrogen) atoms. The summed E-state index contributed by atoms with van der Waals surface area (Å²) in [6.45, 7) is 3.75. The fraction of sp³-hybridized carbons (Fsp3) is 0.182. The van der Waals surface area contributed by atoms with Gasteiger partial charge in [0, 0.05) is 17.8 Å². The normalized spacial score (nSPS) is 11.1. The lowest BCUT2D eigenvalue weighted by molar-refractivity contribution is 0.396. The molecule has 0 unspecified atom stereocenters. The van der Waals surface area contributed by atoms with E-state index in [1.165, 1.54) is 32.7 Å². The Bertz CT molecular complexity index is 1290. The lowest BCUT2D eigenvalue weighted by Gasteiger charge is -2.14. The zero-order chi connectivity index (χ0) is 22.3. The van der Waals surface area contributed by atoms with Crippen molar-refractivity contribution < 1.29 is 18.3 Å². The van der Waals surface area contributed by atoms with Crippen LogP contribution in [0.4, 0.5) is 20.3 Å². The van der Waals surface area contributed by atoms with Crippen LogP contribution in [0.2, 0.25) is 5.02 Å². The van der Waals surface area contributed by atoms with Gasteiger partial charge >= 0.3 is 0 Å². The van der Waals surface area contributed by atoms with Crippen molar-refractivity contribution in [1.82, 2.24) is 14.5 Å². The van der Waals surface area contributed by atoms with E-state index >= 15 is 0 Å². The van der Waals surface area contributed by atoms with Gasteiger partial charge in [0.15, 0.2) is 5.65 Å². The fourth-order valence-corrected chi connectivity index (χ4v) is 3.80. The van der Waals surface area contributed by atoms with Gasteiger partial charge in [-0.1, -0.05) is 11.6 Å². The first-order valence-corrected chi connectivity index (χ1v) is 9.69. The molecule has 2 aromatic carbocycles. The van der Waals surface area contributed by atoms with Crippen molar-refractivity contribution in [2.75, 3.05) is 19.5 Å². The van der Waals surface area contributed by atoms with Crippen molar-refractivity contribution in [3.8, 4) is 17.2 Å². The molecule has 9 heteroatoms. The molecular formula is C22H19ClF2N4O2. The molecule has 0 amide bonds. The first-order valence-electron chi connectivity index (χ1n) is 9.31. The number of aryl methyl sites for hydroxylation is 1. The second kappa shape index (κ2) is 8.03. The minimum atomic E-state index is -0.668. The number of fused-ring (bicyclic) bond motifs is 1. The molecule has 0 aliphatic rings. The molecule has 4 rings (SSSR count). The Hall–Kier alpha value is -3.39. The molecule has 0 saturated carbocycles. The molecule has 1 N–H and O–H groups in total. The fourth-order valence-electron chi connectivity index (χ4n) is 3.56. The maximum absolute atomic E-state index is 13.9. The molecule has 0 spiro atoms. The Morgan fingerprint density at radius 1 is 0.935 bits per heavy atom. The monoisotopic (exact) mass is 444 g/mol. The van der Waals surface area contributed by atoms with Crippen LogP contribution >= 0.6 is 11.6 Å². The summed E-state index contributed by atoms with van der Waals surface area (Å²) in [5.41, 5.74) is 3.07.